The normalized spacial score (nSPS) is 19.2. The highest BCUT2D eigenvalue weighted by Gasteiger charge is 2.23. The first-order valence-corrected chi connectivity index (χ1v) is 8.12. The molecule has 0 aromatic heterocycles. The summed E-state index contributed by atoms with van der Waals surface area (Å²) in [6, 6.07) is 5.53. The van der Waals surface area contributed by atoms with Crippen LogP contribution in [0.25, 0.3) is 0 Å². The Balaban J connectivity index is 1.93. The fraction of sp³-hybridized carbons (Fsp3) is 0.538. The first-order chi connectivity index (χ1) is 9.02. The molecule has 0 atom stereocenters. The zero-order valence-corrected chi connectivity index (χ0v) is 11.7. The van der Waals surface area contributed by atoms with Crippen LogP contribution in [0.4, 0.5) is 0 Å². The van der Waals surface area contributed by atoms with E-state index in [0.29, 0.717) is 25.1 Å². The third kappa shape index (κ3) is 3.61. The van der Waals surface area contributed by atoms with Crippen molar-refractivity contribution in [2.45, 2.75) is 25.4 Å². The number of benzene rings is 1. The number of nitrogens with one attached hydrogen (secondary N) is 1. The number of phenols is 1. The van der Waals surface area contributed by atoms with Gasteiger partial charge in [-0.2, -0.15) is 0 Å². The van der Waals surface area contributed by atoms with Crippen molar-refractivity contribution < 1.29 is 18.3 Å². The first-order valence-electron chi connectivity index (χ1n) is 6.30. The minimum atomic E-state index is -2.83. The van der Waals surface area contributed by atoms with Gasteiger partial charge in [-0.15, -0.1) is 0 Å². The van der Waals surface area contributed by atoms with Crippen molar-refractivity contribution in [3.8, 4) is 11.5 Å². The standard InChI is InChI=1S/C13H19NO4S/c1-18-12-4-2-3-10(13(12)15)9-14-11-5-7-19(16,17)8-6-11/h2-4,11,14-15H,5-9H2,1H3. The number of hydrogen-bond donors (Lipinski definition) is 2. The molecule has 1 saturated heterocycles. The van der Waals surface area contributed by atoms with Gasteiger partial charge in [0.15, 0.2) is 11.5 Å². The lowest BCUT2D eigenvalue weighted by molar-refractivity contribution is 0.367. The number of ether oxygens (including phenoxy) is 1. The molecule has 1 aromatic rings. The molecule has 0 radical (unpaired) electrons. The Bertz CT molecular complexity index is 528. The van der Waals surface area contributed by atoms with Gasteiger partial charge in [0.25, 0.3) is 0 Å². The number of phenolic OH excluding ortho intramolecular Hbond substituents is 1. The number of sulfone groups is 1. The van der Waals surface area contributed by atoms with Crippen LogP contribution in [0.3, 0.4) is 0 Å². The van der Waals surface area contributed by atoms with Crippen molar-refractivity contribution in [3.63, 3.8) is 0 Å². The molecule has 1 heterocycles. The number of para-hydroxylation sites is 1. The predicted octanol–water partition coefficient (Wildman–Crippen LogP) is 1.07. The van der Waals surface area contributed by atoms with Gasteiger partial charge >= 0.3 is 0 Å². The van der Waals surface area contributed by atoms with E-state index in [-0.39, 0.29) is 23.3 Å². The van der Waals surface area contributed by atoms with Gasteiger partial charge in [-0.05, 0) is 18.9 Å². The monoisotopic (exact) mass is 285 g/mol. The van der Waals surface area contributed by atoms with E-state index in [1.54, 1.807) is 6.07 Å². The number of aromatic hydroxyl groups is 1. The van der Waals surface area contributed by atoms with Gasteiger partial charge < -0.3 is 15.2 Å². The van der Waals surface area contributed by atoms with Crippen molar-refractivity contribution in [1.29, 1.82) is 0 Å². The van der Waals surface area contributed by atoms with Crippen molar-refractivity contribution in [2.75, 3.05) is 18.6 Å². The lowest BCUT2D eigenvalue weighted by atomic mass is 10.1. The highest BCUT2D eigenvalue weighted by molar-refractivity contribution is 7.91. The molecule has 1 aliphatic rings. The highest BCUT2D eigenvalue weighted by atomic mass is 32.2. The largest absolute Gasteiger partial charge is 0.504 e. The second-order valence-electron chi connectivity index (χ2n) is 4.77. The molecule has 2 N–H and O–H groups in total. The van der Waals surface area contributed by atoms with E-state index in [9.17, 15) is 13.5 Å². The Hall–Kier alpha value is -1.27. The number of hydrogen-bond acceptors (Lipinski definition) is 5. The van der Waals surface area contributed by atoms with Crippen LogP contribution >= 0.6 is 0 Å². The lowest BCUT2D eigenvalue weighted by Gasteiger charge is -2.23. The van der Waals surface area contributed by atoms with Crippen LogP contribution in [0.1, 0.15) is 18.4 Å². The van der Waals surface area contributed by atoms with E-state index in [4.69, 9.17) is 4.74 Å². The zero-order valence-electron chi connectivity index (χ0n) is 10.9. The maximum absolute atomic E-state index is 11.3. The van der Waals surface area contributed by atoms with E-state index in [2.05, 4.69) is 5.32 Å². The van der Waals surface area contributed by atoms with Crippen molar-refractivity contribution >= 4 is 9.84 Å². The third-order valence-electron chi connectivity index (χ3n) is 3.44. The molecule has 1 aromatic carbocycles. The van der Waals surface area contributed by atoms with Crippen LogP contribution in [-0.2, 0) is 16.4 Å². The van der Waals surface area contributed by atoms with Gasteiger partial charge in [0.05, 0.1) is 18.6 Å². The van der Waals surface area contributed by atoms with Crippen LogP contribution in [0.5, 0.6) is 11.5 Å². The van der Waals surface area contributed by atoms with Crippen LogP contribution < -0.4 is 10.1 Å². The Kier molecular flexibility index (Phi) is 4.31. The molecule has 6 heteroatoms. The molecule has 0 unspecified atom stereocenters. The maximum atomic E-state index is 11.3. The van der Waals surface area contributed by atoms with Gasteiger partial charge in [-0.25, -0.2) is 8.42 Å². The highest BCUT2D eigenvalue weighted by Crippen LogP contribution is 2.29. The summed E-state index contributed by atoms with van der Waals surface area (Å²) in [6.45, 7) is 0.508. The van der Waals surface area contributed by atoms with Crippen molar-refractivity contribution in [1.82, 2.24) is 5.32 Å². The van der Waals surface area contributed by atoms with E-state index < -0.39 is 9.84 Å². The summed E-state index contributed by atoms with van der Waals surface area (Å²) < 4.78 is 27.7. The Morgan fingerprint density at radius 2 is 2.05 bits per heavy atom. The molecule has 1 fully saturated rings. The molecule has 5 nitrogen and oxygen atoms in total. The topological polar surface area (TPSA) is 75.6 Å². The zero-order chi connectivity index (χ0) is 13.9. The molecule has 2 rings (SSSR count). The predicted molar refractivity (Wildman–Crippen MR) is 73.2 cm³/mol. The SMILES string of the molecule is COc1cccc(CNC2CCS(=O)(=O)CC2)c1O. The number of rotatable bonds is 4. The average molecular weight is 285 g/mol. The van der Waals surface area contributed by atoms with Gasteiger partial charge in [-0.3, -0.25) is 0 Å². The number of methoxy groups -OCH3 is 1. The van der Waals surface area contributed by atoms with Gasteiger partial charge in [0.1, 0.15) is 9.84 Å². The molecular formula is C13H19NO4S. The molecule has 0 spiro atoms. The molecule has 106 valence electrons. The molecule has 1 aliphatic heterocycles. The molecule has 0 aliphatic carbocycles. The molecule has 19 heavy (non-hydrogen) atoms. The second-order valence-corrected chi connectivity index (χ2v) is 7.08. The average Bonchev–Trinajstić information content (AvgIpc) is 2.39. The van der Waals surface area contributed by atoms with Crippen molar-refractivity contribution in [2.24, 2.45) is 0 Å². The molecule has 0 amide bonds. The Morgan fingerprint density at radius 3 is 2.68 bits per heavy atom. The summed E-state index contributed by atoms with van der Waals surface area (Å²) in [5.41, 5.74) is 0.757. The quantitative estimate of drug-likeness (QED) is 0.865. The van der Waals surface area contributed by atoms with Crippen LogP contribution in [0.15, 0.2) is 18.2 Å². The minimum Gasteiger partial charge on any atom is -0.504 e. The molecule has 0 saturated carbocycles. The van der Waals surface area contributed by atoms with Crippen LogP contribution in [-0.4, -0.2) is 38.2 Å². The minimum absolute atomic E-state index is 0.140. The third-order valence-corrected chi connectivity index (χ3v) is 5.15. The first kappa shape index (κ1) is 14.1. The summed E-state index contributed by atoms with van der Waals surface area (Å²) in [5.74, 6) is 1.08. The second kappa shape index (κ2) is 5.79. The Morgan fingerprint density at radius 1 is 1.37 bits per heavy atom. The van der Waals surface area contributed by atoms with Gasteiger partial charge in [0, 0.05) is 18.2 Å². The van der Waals surface area contributed by atoms with Gasteiger partial charge in [0.2, 0.25) is 0 Å². The van der Waals surface area contributed by atoms with Crippen molar-refractivity contribution in [3.05, 3.63) is 23.8 Å². The summed E-state index contributed by atoms with van der Waals surface area (Å²) in [7, 11) is -1.31. The fourth-order valence-electron chi connectivity index (χ4n) is 2.22. The van der Waals surface area contributed by atoms with E-state index in [1.165, 1.54) is 7.11 Å². The van der Waals surface area contributed by atoms with Crippen LogP contribution in [0, 0.1) is 0 Å². The van der Waals surface area contributed by atoms with Crippen LogP contribution in [0.2, 0.25) is 0 Å². The van der Waals surface area contributed by atoms with E-state index in [1.807, 2.05) is 12.1 Å². The lowest BCUT2D eigenvalue weighted by Crippen LogP contribution is -2.37. The van der Waals surface area contributed by atoms with Gasteiger partial charge in [-0.1, -0.05) is 12.1 Å². The summed E-state index contributed by atoms with van der Waals surface area (Å²) in [6.07, 6.45) is 1.26. The molecular weight excluding hydrogens is 266 g/mol. The Labute approximate surface area is 113 Å². The van der Waals surface area contributed by atoms with E-state index in [0.717, 1.165) is 5.56 Å². The summed E-state index contributed by atoms with van der Waals surface area (Å²) in [5, 5.41) is 13.2. The van der Waals surface area contributed by atoms with E-state index >= 15 is 0 Å². The maximum Gasteiger partial charge on any atom is 0.162 e. The summed E-state index contributed by atoms with van der Waals surface area (Å²) >= 11 is 0. The molecule has 0 bridgehead atoms. The fourth-order valence-corrected chi connectivity index (χ4v) is 3.71. The summed E-state index contributed by atoms with van der Waals surface area (Å²) in [4.78, 5) is 0. The smallest absolute Gasteiger partial charge is 0.162 e.